The first-order valence-electron chi connectivity index (χ1n) is 13.2. The average Bonchev–Trinajstić information content (AvgIpc) is 3.10. The smallest absolute Gasteiger partial charge is 0.258 e. The number of rotatable bonds is 3. The molecule has 1 N–H and O–H groups in total. The summed E-state index contributed by atoms with van der Waals surface area (Å²) in [5.41, 5.74) is -3.72. The van der Waals surface area contributed by atoms with Crippen molar-refractivity contribution in [3.8, 4) is 0 Å². The Morgan fingerprint density at radius 2 is 1.70 bits per heavy atom. The van der Waals surface area contributed by atoms with Gasteiger partial charge in [0.05, 0.1) is 17.6 Å². The van der Waals surface area contributed by atoms with Crippen LogP contribution in [0.5, 0.6) is 0 Å². The molecule has 162 valence electrons. The number of piperidine rings is 1. The van der Waals surface area contributed by atoms with Crippen LogP contribution in [0, 0.1) is 17.5 Å². The van der Waals surface area contributed by atoms with Gasteiger partial charge in [0.1, 0.15) is 11.7 Å². The van der Waals surface area contributed by atoms with Crippen molar-refractivity contribution in [3.63, 3.8) is 0 Å². The Morgan fingerprint density at radius 1 is 1.03 bits per heavy atom. The molecule has 1 unspecified atom stereocenters. The van der Waals surface area contributed by atoms with Gasteiger partial charge in [-0.3, -0.25) is 24.6 Å². The van der Waals surface area contributed by atoms with Gasteiger partial charge in [-0.05, 0) is 20.3 Å². The predicted molar refractivity (Wildman–Crippen MR) is 101 cm³/mol. The summed E-state index contributed by atoms with van der Waals surface area (Å²) in [7, 11) is 0. The number of anilines is 1. The molecule has 3 amide bonds. The van der Waals surface area contributed by atoms with Crippen LogP contribution in [0.25, 0.3) is 0 Å². The zero-order chi connectivity index (χ0) is 28.9. The number of fused-ring (bicyclic) bond motifs is 1. The third-order valence-electron chi connectivity index (χ3n) is 5.09. The lowest BCUT2D eigenvalue weighted by molar-refractivity contribution is -0.136. The maximum Gasteiger partial charge on any atom is 0.258 e. The van der Waals surface area contributed by atoms with Gasteiger partial charge in [0.2, 0.25) is 11.8 Å². The molecule has 3 aliphatic heterocycles. The number of benzene rings is 1. The van der Waals surface area contributed by atoms with E-state index in [4.69, 9.17) is 11.0 Å². The third-order valence-corrected chi connectivity index (χ3v) is 5.09. The van der Waals surface area contributed by atoms with Crippen LogP contribution in [0.2, 0.25) is 0 Å². The molecule has 0 aromatic heterocycles. The first-order chi connectivity index (χ1) is 17.2. The van der Waals surface area contributed by atoms with E-state index >= 15 is 13.2 Å². The minimum Gasteiger partial charge on any atom is -0.364 e. The van der Waals surface area contributed by atoms with Gasteiger partial charge in [-0.15, -0.1) is 0 Å². The van der Waals surface area contributed by atoms with Crippen molar-refractivity contribution in [2.75, 3.05) is 30.9 Å². The first kappa shape index (κ1) is 12.9. The summed E-state index contributed by atoms with van der Waals surface area (Å²) in [6.07, 6.45) is -0.378. The summed E-state index contributed by atoms with van der Waals surface area (Å²) >= 11 is 0. The Hall–Kier alpha value is -2.62. The molecule has 0 saturated carbocycles. The molecule has 7 nitrogen and oxygen atoms in total. The molecule has 0 bridgehead atoms. The van der Waals surface area contributed by atoms with Gasteiger partial charge in [-0.25, -0.2) is 13.2 Å². The molecule has 2 fully saturated rings. The second-order valence-electron chi connectivity index (χ2n) is 7.29. The molecule has 2 saturated heterocycles. The molecular formula is C20H23F3N4O3. The van der Waals surface area contributed by atoms with E-state index in [0.717, 1.165) is 0 Å². The van der Waals surface area contributed by atoms with E-state index < -0.39 is 102 Å². The van der Waals surface area contributed by atoms with Crippen LogP contribution < -0.4 is 10.2 Å². The quantitative estimate of drug-likeness (QED) is 0.578. The van der Waals surface area contributed by atoms with Crippen molar-refractivity contribution < 1.29 is 38.5 Å². The van der Waals surface area contributed by atoms with Crippen molar-refractivity contribution in [2.45, 2.75) is 45.3 Å². The molecule has 1 atom stereocenters. The van der Waals surface area contributed by atoms with E-state index in [1.165, 1.54) is 13.8 Å². The van der Waals surface area contributed by atoms with E-state index in [2.05, 4.69) is 0 Å². The highest BCUT2D eigenvalue weighted by molar-refractivity contribution is 6.05. The second-order valence-corrected chi connectivity index (χ2v) is 7.29. The molecule has 30 heavy (non-hydrogen) atoms. The van der Waals surface area contributed by atoms with Crippen LogP contribution in [0.1, 0.15) is 53.6 Å². The number of hydrogen-bond donors (Lipinski definition) is 1. The summed E-state index contributed by atoms with van der Waals surface area (Å²) in [6, 6.07) is -2.47. The second kappa shape index (κ2) is 7.57. The highest BCUT2D eigenvalue weighted by atomic mass is 19.2. The number of carbonyl (C=O) groups is 3. The van der Waals surface area contributed by atoms with E-state index in [1.54, 1.807) is 0 Å². The Morgan fingerprint density at radius 3 is 2.30 bits per heavy atom. The molecule has 1 aromatic rings. The largest absolute Gasteiger partial charge is 0.364 e. The maximum absolute atomic E-state index is 15.9. The van der Waals surface area contributed by atoms with Crippen LogP contribution in [0.3, 0.4) is 0 Å². The molecule has 4 rings (SSSR count). The van der Waals surface area contributed by atoms with Gasteiger partial charge in [0.15, 0.2) is 17.5 Å². The fraction of sp³-hybridized carbons (Fsp3) is 0.550. The molecule has 3 aliphatic rings. The highest BCUT2D eigenvalue weighted by Crippen LogP contribution is 2.38. The van der Waals surface area contributed by atoms with Crippen LogP contribution in [-0.4, -0.2) is 65.6 Å². The lowest BCUT2D eigenvalue weighted by Gasteiger charge is -2.38. The molecule has 1 aromatic carbocycles. The van der Waals surface area contributed by atoms with Crippen molar-refractivity contribution in [1.82, 2.24) is 15.1 Å². The Labute approximate surface area is 183 Å². The van der Waals surface area contributed by atoms with Crippen molar-refractivity contribution in [3.05, 3.63) is 28.6 Å². The van der Waals surface area contributed by atoms with Gasteiger partial charge < -0.3 is 9.80 Å². The van der Waals surface area contributed by atoms with Gasteiger partial charge in [0.25, 0.3) is 5.91 Å². The summed E-state index contributed by atoms with van der Waals surface area (Å²) in [5.74, 6) is -8.92. The van der Waals surface area contributed by atoms with Crippen molar-refractivity contribution in [2.24, 2.45) is 0 Å². The van der Waals surface area contributed by atoms with Crippen LogP contribution in [0.15, 0.2) is 0 Å². The maximum atomic E-state index is 15.9. The van der Waals surface area contributed by atoms with Crippen molar-refractivity contribution >= 4 is 23.4 Å². The molecular weight excluding hydrogens is 401 g/mol. The Balaban J connectivity index is 1.91. The minimum atomic E-state index is -3.68. The highest BCUT2D eigenvalue weighted by Gasteiger charge is 2.44. The molecule has 3 heterocycles. The van der Waals surface area contributed by atoms with Crippen molar-refractivity contribution in [1.29, 1.82) is 0 Å². The summed E-state index contributed by atoms with van der Waals surface area (Å²) in [6.45, 7) is -12.5. The molecule has 0 spiro atoms. The number of amides is 3. The van der Waals surface area contributed by atoms with Gasteiger partial charge in [0, 0.05) is 49.5 Å². The molecule has 0 radical (unpaired) electrons. The first-order valence-corrected chi connectivity index (χ1v) is 9.16. The monoisotopic (exact) mass is 432 g/mol. The predicted octanol–water partition coefficient (Wildman–Crippen LogP) is 1.40. The van der Waals surface area contributed by atoms with E-state index in [-0.39, 0.29) is 17.7 Å². The number of imide groups is 1. The Kier molecular flexibility index (Phi) is 3.26. The summed E-state index contributed by atoms with van der Waals surface area (Å²) in [4.78, 5) is 37.1. The van der Waals surface area contributed by atoms with E-state index in [0.29, 0.717) is 4.90 Å². The standard InChI is InChI=1S/C20H23F3N4O3/c1-10(2)25-5-7-26(8-6-25)18-15(21)11-9-27(12-3-4-13(28)24-19(12)29)20(30)14(11)16(22)17(18)23/h10,12H,3-9H2,1-2H3,(H,24,28,29)/i5D2,6D2,7D2,8D2. The Bertz CT molecular complexity index is 1230. The minimum absolute atomic E-state index is 0.189. The number of hydrogen-bond acceptors (Lipinski definition) is 5. The van der Waals surface area contributed by atoms with Crippen LogP contribution in [-0.2, 0) is 16.1 Å². The summed E-state index contributed by atoms with van der Waals surface area (Å²) < 4.78 is 113. The zero-order valence-corrected chi connectivity index (χ0v) is 16.0. The molecule has 0 aliphatic carbocycles. The number of nitrogens with zero attached hydrogens (tertiary/aromatic N) is 3. The van der Waals surface area contributed by atoms with E-state index in [1.807, 2.05) is 5.32 Å². The van der Waals surface area contributed by atoms with E-state index in [9.17, 15) is 14.4 Å². The normalized spacial score (nSPS) is 33.4. The van der Waals surface area contributed by atoms with Gasteiger partial charge >= 0.3 is 0 Å². The lowest BCUT2D eigenvalue weighted by atomic mass is 10.0. The summed E-state index contributed by atoms with van der Waals surface area (Å²) in [5, 5.41) is 1.98. The van der Waals surface area contributed by atoms with Crippen LogP contribution >= 0.6 is 0 Å². The lowest BCUT2D eigenvalue weighted by Crippen LogP contribution is -2.52. The average molecular weight is 432 g/mol. The van der Waals surface area contributed by atoms with Crippen LogP contribution in [0.4, 0.5) is 18.9 Å². The fourth-order valence-electron chi connectivity index (χ4n) is 3.51. The molecule has 10 heteroatoms. The number of nitrogens with one attached hydrogen (secondary N) is 1. The topological polar surface area (TPSA) is 73.0 Å². The number of piperazine rings is 1. The SMILES string of the molecule is [2H]C1([2H])N(c2c(F)c(F)c3c(c2F)CN(C2CCC(=O)NC2=O)C3=O)C([2H])([2H])C([2H])([2H])N(C(C)C)C1([2H])[2H]. The van der Waals surface area contributed by atoms with Gasteiger partial charge in [-0.1, -0.05) is 0 Å². The third kappa shape index (κ3) is 3.23. The fourth-order valence-corrected chi connectivity index (χ4v) is 3.51. The zero-order valence-electron chi connectivity index (χ0n) is 24.0. The number of halogens is 3. The van der Waals surface area contributed by atoms with Gasteiger partial charge in [-0.2, -0.15) is 0 Å². The number of carbonyl (C=O) groups excluding carboxylic acids is 3.